The molecule has 120 valence electrons. The van der Waals surface area contributed by atoms with Gasteiger partial charge in [0.15, 0.2) is 0 Å². The number of ether oxygens (including phenoxy) is 1. The molecule has 21 heavy (non-hydrogen) atoms. The van der Waals surface area contributed by atoms with E-state index >= 15 is 0 Å². The third-order valence-corrected chi connectivity index (χ3v) is 3.45. The van der Waals surface area contributed by atoms with E-state index in [4.69, 9.17) is 4.74 Å². The Kier molecular flexibility index (Phi) is 11.9. The maximum absolute atomic E-state index is 5.67. The lowest BCUT2D eigenvalue weighted by atomic mass is 9.98. The van der Waals surface area contributed by atoms with Crippen molar-refractivity contribution in [3.05, 3.63) is 49.1 Å². The Bertz CT molecular complexity index is 343. The quantitative estimate of drug-likeness (QED) is 0.296. The van der Waals surface area contributed by atoms with Crippen LogP contribution < -0.4 is 0 Å². The van der Waals surface area contributed by atoms with E-state index in [0.717, 1.165) is 25.9 Å². The van der Waals surface area contributed by atoms with Gasteiger partial charge in [0.05, 0.1) is 12.7 Å². The van der Waals surface area contributed by atoms with Gasteiger partial charge in [0.2, 0.25) is 0 Å². The van der Waals surface area contributed by atoms with Crippen molar-refractivity contribution in [2.24, 2.45) is 5.92 Å². The Balaban J connectivity index is 4.80. The number of allylic oxidation sites excluding steroid dienone is 3. The topological polar surface area (TPSA) is 12.5 Å². The summed E-state index contributed by atoms with van der Waals surface area (Å²) in [5.74, 6) is 0.490. The highest BCUT2D eigenvalue weighted by atomic mass is 16.5. The van der Waals surface area contributed by atoms with Crippen LogP contribution in [0.2, 0.25) is 0 Å². The molecule has 0 aromatic carbocycles. The molecule has 0 radical (unpaired) electrons. The average molecular weight is 291 g/mol. The van der Waals surface area contributed by atoms with Gasteiger partial charge in [-0.05, 0) is 44.8 Å². The van der Waals surface area contributed by atoms with Crippen molar-refractivity contribution in [3.63, 3.8) is 0 Å². The molecule has 0 saturated carbocycles. The molecule has 0 rings (SSSR count). The lowest BCUT2D eigenvalue weighted by Gasteiger charge is -2.21. The maximum atomic E-state index is 5.67. The second-order valence-corrected chi connectivity index (χ2v) is 5.52. The molecule has 0 aromatic heterocycles. The fraction of sp³-hybridized carbons (Fsp3) is 0.579. The van der Waals surface area contributed by atoms with Crippen LogP contribution in [0.4, 0.5) is 0 Å². The van der Waals surface area contributed by atoms with Crippen LogP contribution in [0.5, 0.6) is 0 Å². The first-order valence-corrected chi connectivity index (χ1v) is 7.95. The van der Waals surface area contributed by atoms with Gasteiger partial charge in [-0.2, -0.15) is 0 Å². The largest absolute Gasteiger partial charge is 0.370 e. The number of nitrogens with zero attached hydrogens (tertiary/aromatic N) is 1. The zero-order valence-electron chi connectivity index (χ0n) is 14.3. The average Bonchev–Trinajstić information content (AvgIpc) is 2.47. The molecular formula is C19H33NO. The zero-order chi connectivity index (χ0) is 16.1. The van der Waals surface area contributed by atoms with Crippen molar-refractivity contribution in [3.8, 4) is 0 Å². The highest BCUT2D eigenvalue weighted by molar-refractivity contribution is 5.23. The molecule has 0 aliphatic rings. The van der Waals surface area contributed by atoms with Crippen molar-refractivity contribution < 1.29 is 4.74 Å². The third kappa shape index (κ3) is 10.3. The van der Waals surface area contributed by atoms with Crippen LogP contribution >= 0.6 is 0 Å². The zero-order valence-corrected chi connectivity index (χ0v) is 14.3. The number of unbranched alkanes of at least 4 members (excludes halogenated alkanes) is 1. The van der Waals surface area contributed by atoms with Gasteiger partial charge in [-0.25, -0.2) is 0 Å². The molecule has 0 saturated heterocycles. The summed E-state index contributed by atoms with van der Waals surface area (Å²) in [4.78, 5) is 2.34. The second kappa shape index (κ2) is 12.6. The molecule has 0 N–H and O–H groups in total. The molecule has 0 amide bonds. The summed E-state index contributed by atoms with van der Waals surface area (Å²) < 4.78 is 5.67. The molecule has 0 aromatic rings. The van der Waals surface area contributed by atoms with Gasteiger partial charge in [-0.3, -0.25) is 0 Å². The smallest absolute Gasteiger partial charge is 0.0737 e. The lowest BCUT2D eigenvalue weighted by molar-refractivity contribution is 0.122. The molecule has 0 heterocycles. The fourth-order valence-corrected chi connectivity index (χ4v) is 2.06. The van der Waals surface area contributed by atoms with Crippen LogP contribution in [0.25, 0.3) is 0 Å². The summed E-state index contributed by atoms with van der Waals surface area (Å²) in [6, 6.07) is 0. The monoisotopic (exact) mass is 291 g/mol. The highest BCUT2D eigenvalue weighted by Gasteiger charge is 2.10. The number of rotatable bonds is 12. The minimum Gasteiger partial charge on any atom is -0.370 e. The van der Waals surface area contributed by atoms with Crippen LogP contribution in [-0.4, -0.2) is 37.7 Å². The summed E-state index contributed by atoms with van der Waals surface area (Å²) in [7, 11) is 2.16. The molecule has 0 spiro atoms. The Morgan fingerprint density at radius 3 is 2.48 bits per heavy atom. The molecule has 0 aliphatic heterocycles. The Hall–Kier alpha value is -1.12. The van der Waals surface area contributed by atoms with Crippen molar-refractivity contribution in [1.82, 2.24) is 4.90 Å². The first-order chi connectivity index (χ1) is 10.0. The molecule has 0 aliphatic carbocycles. The van der Waals surface area contributed by atoms with Gasteiger partial charge in [0.1, 0.15) is 0 Å². The first-order valence-electron chi connectivity index (χ1n) is 7.95. The Morgan fingerprint density at radius 2 is 1.90 bits per heavy atom. The Morgan fingerprint density at radius 1 is 1.19 bits per heavy atom. The van der Waals surface area contributed by atoms with E-state index in [1.54, 1.807) is 6.08 Å². The first kappa shape index (κ1) is 19.9. The van der Waals surface area contributed by atoms with E-state index < -0.39 is 0 Å². The van der Waals surface area contributed by atoms with E-state index in [1.165, 1.54) is 5.57 Å². The minimum atomic E-state index is 0.108. The predicted octanol–water partition coefficient (Wildman–Crippen LogP) is 4.61. The van der Waals surface area contributed by atoms with Gasteiger partial charge in [-0.15, -0.1) is 13.2 Å². The molecule has 0 fully saturated rings. The molecule has 2 atom stereocenters. The highest BCUT2D eigenvalue weighted by Crippen LogP contribution is 2.16. The molecule has 0 bridgehead atoms. The standard InChI is InChI=1S/C19H33NO/c1-7-10-11-12-13-19(15-18(5)21-14-8-2)17(4)16-20(6)9-3/h7-8,12-13,15,17-18H,1-2,9-11,14,16H2,3-6H3/b13-12-,19-15+. The summed E-state index contributed by atoms with van der Waals surface area (Å²) in [5.41, 5.74) is 1.34. The molecule has 2 nitrogen and oxygen atoms in total. The van der Waals surface area contributed by atoms with Crippen LogP contribution in [0, 0.1) is 5.92 Å². The SMILES string of the molecule is C=CCC/C=C\C(=C/C(C)OCC=C)C(C)CN(C)CC. The summed E-state index contributed by atoms with van der Waals surface area (Å²) in [6.45, 7) is 16.7. The van der Waals surface area contributed by atoms with Crippen molar-refractivity contribution >= 4 is 0 Å². The van der Waals surface area contributed by atoms with E-state index in [0.29, 0.717) is 12.5 Å². The summed E-state index contributed by atoms with van der Waals surface area (Å²) >= 11 is 0. The number of hydrogen-bond donors (Lipinski definition) is 0. The van der Waals surface area contributed by atoms with Gasteiger partial charge in [-0.1, -0.05) is 44.2 Å². The summed E-state index contributed by atoms with van der Waals surface area (Å²) in [5, 5.41) is 0. The molecule has 2 heteroatoms. The van der Waals surface area contributed by atoms with Gasteiger partial charge in [0, 0.05) is 6.54 Å². The molecule has 2 unspecified atom stereocenters. The van der Waals surface area contributed by atoms with E-state index in [-0.39, 0.29) is 6.10 Å². The minimum absolute atomic E-state index is 0.108. The summed E-state index contributed by atoms with van der Waals surface area (Å²) in [6.07, 6.45) is 12.6. The molecular weight excluding hydrogens is 258 g/mol. The second-order valence-electron chi connectivity index (χ2n) is 5.52. The maximum Gasteiger partial charge on any atom is 0.0737 e. The van der Waals surface area contributed by atoms with E-state index in [1.807, 2.05) is 6.08 Å². The van der Waals surface area contributed by atoms with Crippen LogP contribution in [0.1, 0.15) is 33.6 Å². The van der Waals surface area contributed by atoms with Crippen LogP contribution in [0.3, 0.4) is 0 Å². The predicted molar refractivity (Wildman–Crippen MR) is 94.6 cm³/mol. The van der Waals surface area contributed by atoms with Crippen LogP contribution in [-0.2, 0) is 4.74 Å². The van der Waals surface area contributed by atoms with Gasteiger partial charge in [0.25, 0.3) is 0 Å². The van der Waals surface area contributed by atoms with Gasteiger partial charge < -0.3 is 9.64 Å². The van der Waals surface area contributed by atoms with E-state index in [2.05, 4.69) is 64.1 Å². The van der Waals surface area contributed by atoms with Crippen molar-refractivity contribution in [2.75, 3.05) is 26.7 Å². The van der Waals surface area contributed by atoms with Gasteiger partial charge >= 0.3 is 0 Å². The fourth-order valence-electron chi connectivity index (χ4n) is 2.06. The number of hydrogen-bond acceptors (Lipinski definition) is 2. The van der Waals surface area contributed by atoms with Crippen molar-refractivity contribution in [1.29, 1.82) is 0 Å². The normalized spacial score (nSPS) is 15.4. The van der Waals surface area contributed by atoms with Crippen molar-refractivity contribution in [2.45, 2.75) is 39.7 Å². The third-order valence-electron chi connectivity index (χ3n) is 3.45. The van der Waals surface area contributed by atoms with E-state index in [9.17, 15) is 0 Å². The van der Waals surface area contributed by atoms with Crippen LogP contribution in [0.15, 0.2) is 49.1 Å². The lowest BCUT2D eigenvalue weighted by Crippen LogP contribution is -2.25. The Labute approximate surface area is 131 Å².